The lowest BCUT2D eigenvalue weighted by Gasteiger charge is -2.19. The van der Waals surface area contributed by atoms with E-state index in [1.807, 2.05) is 0 Å². The number of nitrogens with zero attached hydrogens (tertiary/aromatic N) is 2. The minimum Gasteiger partial charge on any atom is -0.463 e. The van der Waals surface area contributed by atoms with E-state index < -0.39 is 17.5 Å². The summed E-state index contributed by atoms with van der Waals surface area (Å²) in [6, 6.07) is 4.30. The van der Waals surface area contributed by atoms with Crippen LogP contribution in [0.4, 0.5) is 9.18 Å². The summed E-state index contributed by atoms with van der Waals surface area (Å²) in [6.07, 6.45) is 2.04. The van der Waals surface area contributed by atoms with E-state index in [0.717, 1.165) is 0 Å². The lowest BCUT2D eigenvalue weighted by atomic mass is 10.0. The number of Topliss-reactive ketones (excluding diaryl/α,β-unsaturated/α-hetero) is 1. The second-order valence-electron chi connectivity index (χ2n) is 7.34. The molecule has 1 aromatic heterocycles. The van der Waals surface area contributed by atoms with Crippen LogP contribution in [0, 0.1) is 17.7 Å². The second kappa shape index (κ2) is 10.3. The van der Waals surface area contributed by atoms with Crippen LogP contribution in [-0.2, 0) is 17.7 Å². The van der Waals surface area contributed by atoms with Crippen LogP contribution < -0.4 is 10.1 Å². The number of halogens is 1. The molecule has 0 atom stereocenters. The predicted molar refractivity (Wildman–Crippen MR) is 108 cm³/mol. The Bertz CT molecular complexity index is 957. The molecule has 1 amide bonds. The molecule has 0 bridgehead atoms. The van der Waals surface area contributed by atoms with Gasteiger partial charge < -0.3 is 14.8 Å². The second-order valence-corrected chi connectivity index (χ2v) is 7.34. The van der Waals surface area contributed by atoms with Crippen LogP contribution in [0.5, 0.6) is 5.88 Å². The van der Waals surface area contributed by atoms with E-state index in [9.17, 15) is 14.0 Å². The number of carbonyl (C=O) groups is 2. The van der Waals surface area contributed by atoms with Gasteiger partial charge in [0.25, 0.3) is 0 Å². The zero-order valence-electron chi connectivity index (χ0n) is 17.4. The number of aromatic nitrogens is 2. The van der Waals surface area contributed by atoms with E-state index in [1.165, 1.54) is 30.6 Å². The maximum absolute atomic E-state index is 14.1. The number of nitrogens with one attached hydrogen (secondary N) is 1. The molecule has 0 radical (unpaired) electrons. The van der Waals surface area contributed by atoms with Crippen LogP contribution in [0.15, 0.2) is 30.6 Å². The summed E-state index contributed by atoms with van der Waals surface area (Å²) in [7, 11) is 0. The number of rotatable bonds is 7. The molecular weight excluding hydrogens is 389 g/mol. The third kappa shape index (κ3) is 7.51. The van der Waals surface area contributed by atoms with Gasteiger partial charge in [0.1, 0.15) is 17.1 Å². The van der Waals surface area contributed by atoms with Crippen LogP contribution in [0.2, 0.25) is 0 Å². The third-order valence-corrected chi connectivity index (χ3v) is 3.68. The Hall–Kier alpha value is -3.47. The SMILES string of the molecule is CC#CCOc1cnc(C(=O)Cc2ccc(F)c(CNC(=O)OC(C)(C)C)c2)cn1. The monoisotopic (exact) mass is 413 g/mol. The first-order valence-corrected chi connectivity index (χ1v) is 9.30. The van der Waals surface area contributed by atoms with Gasteiger partial charge in [-0.3, -0.25) is 4.79 Å². The molecular formula is C22H24FN3O4. The number of benzene rings is 1. The summed E-state index contributed by atoms with van der Waals surface area (Å²) in [5.74, 6) is 4.93. The van der Waals surface area contributed by atoms with Gasteiger partial charge in [-0.05, 0) is 39.3 Å². The first-order valence-electron chi connectivity index (χ1n) is 9.30. The molecule has 0 aliphatic carbocycles. The van der Waals surface area contributed by atoms with E-state index in [4.69, 9.17) is 9.47 Å². The van der Waals surface area contributed by atoms with E-state index in [0.29, 0.717) is 5.56 Å². The van der Waals surface area contributed by atoms with Gasteiger partial charge in [0.05, 0.1) is 12.4 Å². The lowest BCUT2D eigenvalue weighted by Crippen LogP contribution is -2.32. The van der Waals surface area contributed by atoms with Gasteiger partial charge in [-0.15, -0.1) is 5.92 Å². The molecule has 1 heterocycles. The predicted octanol–water partition coefficient (Wildman–Crippen LogP) is 3.47. The average molecular weight is 413 g/mol. The molecule has 2 aromatic rings. The van der Waals surface area contributed by atoms with E-state index >= 15 is 0 Å². The summed E-state index contributed by atoms with van der Waals surface area (Å²) in [6.45, 7) is 7.04. The zero-order valence-corrected chi connectivity index (χ0v) is 17.4. The van der Waals surface area contributed by atoms with Gasteiger partial charge >= 0.3 is 6.09 Å². The molecule has 0 saturated heterocycles. The number of hydrogen-bond acceptors (Lipinski definition) is 6. The van der Waals surface area contributed by atoms with Gasteiger partial charge in [-0.25, -0.2) is 19.2 Å². The van der Waals surface area contributed by atoms with E-state index in [1.54, 1.807) is 27.7 Å². The number of hydrogen-bond donors (Lipinski definition) is 1. The number of carbonyl (C=O) groups excluding carboxylic acids is 2. The number of alkyl carbamates (subject to hydrolysis) is 1. The number of ether oxygens (including phenoxy) is 2. The normalized spacial score (nSPS) is 10.6. The van der Waals surface area contributed by atoms with Gasteiger partial charge in [-0.1, -0.05) is 18.1 Å². The highest BCUT2D eigenvalue weighted by molar-refractivity contribution is 5.95. The van der Waals surface area contributed by atoms with Crippen molar-refractivity contribution in [1.29, 1.82) is 0 Å². The molecule has 0 saturated carbocycles. The highest BCUT2D eigenvalue weighted by Gasteiger charge is 2.17. The van der Waals surface area contributed by atoms with Crippen LogP contribution in [-0.4, -0.2) is 34.1 Å². The van der Waals surface area contributed by atoms with Crippen molar-refractivity contribution in [2.24, 2.45) is 0 Å². The fourth-order valence-electron chi connectivity index (χ4n) is 2.35. The van der Waals surface area contributed by atoms with Gasteiger partial charge in [-0.2, -0.15) is 0 Å². The Morgan fingerprint density at radius 3 is 2.60 bits per heavy atom. The summed E-state index contributed by atoms with van der Waals surface area (Å²) >= 11 is 0. The van der Waals surface area contributed by atoms with Crippen molar-refractivity contribution < 1.29 is 23.5 Å². The molecule has 1 N–H and O–H groups in total. The smallest absolute Gasteiger partial charge is 0.407 e. The fourth-order valence-corrected chi connectivity index (χ4v) is 2.35. The highest BCUT2D eigenvalue weighted by atomic mass is 19.1. The highest BCUT2D eigenvalue weighted by Crippen LogP contribution is 2.14. The fraction of sp³-hybridized carbons (Fsp3) is 0.364. The van der Waals surface area contributed by atoms with Crippen molar-refractivity contribution in [3.63, 3.8) is 0 Å². The standard InChI is InChI=1S/C22H24FN3O4/c1-5-6-9-29-20-14-24-18(13-25-20)19(27)11-15-7-8-17(23)16(10-15)12-26-21(28)30-22(2,3)4/h7-8,10,13-14H,9,11-12H2,1-4H3,(H,26,28). The topological polar surface area (TPSA) is 90.4 Å². The first kappa shape index (κ1) is 22.8. The van der Waals surface area contributed by atoms with E-state index in [-0.39, 0.29) is 42.5 Å². The Balaban J connectivity index is 1.99. The molecule has 7 nitrogen and oxygen atoms in total. The maximum Gasteiger partial charge on any atom is 0.407 e. The van der Waals surface area contributed by atoms with Crippen LogP contribution in [0.25, 0.3) is 0 Å². The Morgan fingerprint density at radius 2 is 1.97 bits per heavy atom. The Kier molecular flexibility index (Phi) is 7.87. The van der Waals surface area contributed by atoms with Crippen molar-refractivity contribution in [2.45, 2.75) is 46.3 Å². The summed E-state index contributed by atoms with van der Waals surface area (Å²) < 4.78 is 24.5. The largest absolute Gasteiger partial charge is 0.463 e. The Labute approximate surface area is 175 Å². The van der Waals surface area contributed by atoms with Gasteiger partial charge in [0.2, 0.25) is 5.88 Å². The number of amides is 1. The molecule has 2 rings (SSSR count). The summed E-state index contributed by atoms with van der Waals surface area (Å²) in [4.78, 5) is 32.3. The Morgan fingerprint density at radius 1 is 1.20 bits per heavy atom. The van der Waals surface area contributed by atoms with Crippen molar-refractivity contribution in [3.05, 3.63) is 53.2 Å². The van der Waals surface area contributed by atoms with Crippen molar-refractivity contribution in [1.82, 2.24) is 15.3 Å². The molecule has 158 valence electrons. The maximum atomic E-state index is 14.1. The van der Waals surface area contributed by atoms with Crippen molar-refractivity contribution in [2.75, 3.05) is 6.61 Å². The van der Waals surface area contributed by atoms with Crippen LogP contribution >= 0.6 is 0 Å². The van der Waals surface area contributed by atoms with Gasteiger partial charge in [0.15, 0.2) is 12.4 Å². The van der Waals surface area contributed by atoms with Gasteiger partial charge in [0, 0.05) is 18.5 Å². The quantitative estimate of drug-likeness (QED) is 0.552. The molecule has 0 spiro atoms. The molecule has 1 aromatic carbocycles. The lowest BCUT2D eigenvalue weighted by molar-refractivity contribution is 0.0523. The molecule has 0 fully saturated rings. The minimum absolute atomic E-state index is 0.00983. The molecule has 0 aliphatic rings. The zero-order chi connectivity index (χ0) is 22.1. The average Bonchev–Trinajstić information content (AvgIpc) is 2.67. The molecule has 0 unspecified atom stereocenters. The first-order chi connectivity index (χ1) is 14.2. The summed E-state index contributed by atoms with van der Waals surface area (Å²) in [5.41, 5.74) is 0.351. The number of ketones is 1. The minimum atomic E-state index is -0.651. The van der Waals surface area contributed by atoms with Crippen molar-refractivity contribution >= 4 is 11.9 Å². The van der Waals surface area contributed by atoms with Crippen molar-refractivity contribution in [3.8, 4) is 17.7 Å². The molecule has 30 heavy (non-hydrogen) atoms. The van der Waals surface area contributed by atoms with Crippen LogP contribution in [0.1, 0.15) is 49.3 Å². The summed E-state index contributed by atoms with van der Waals surface area (Å²) in [5, 5.41) is 2.50. The third-order valence-electron chi connectivity index (χ3n) is 3.68. The van der Waals surface area contributed by atoms with Crippen LogP contribution in [0.3, 0.4) is 0 Å². The molecule has 0 aliphatic heterocycles. The van der Waals surface area contributed by atoms with E-state index in [2.05, 4.69) is 27.1 Å². The molecule has 8 heteroatoms.